The first-order chi connectivity index (χ1) is 9.65. The Hall–Kier alpha value is -1.73. The van der Waals surface area contributed by atoms with Crippen molar-refractivity contribution in [2.75, 3.05) is 38.3 Å². The predicted octanol–water partition coefficient (Wildman–Crippen LogP) is -0.429. The zero-order valence-electron chi connectivity index (χ0n) is 11.6. The molecule has 1 aromatic heterocycles. The Morgan fingerprint density at radius 1 is 1.45 bits per heavy atom. The van der Waals surface area contributed by atoms with Crippen LogP contribution in [0, 0.1) is 0 Å². The van der Waals surface area contributed by atoms with Gasteiger partial charge in [-0.25, -0.2) is 9.97 Å². The number of rotatable bonds is 5. The van der Waals surface area contributed by atoms with Crippen LogP contribution in [0.25, 0.3) is 0 Å². The maximum atomic E-state index is 12.1. The lowest BCUT2D eigenvalue weighted by atomic mass is 9.91. The SMILES string of the molecule is CN(CC(=O)NC1(CO)CCOCC1)c1ncccn1. The van der Waals surface area contributed by atoms with Gasteiger partial charge in [0.25, 0.3) is 0 Å². The average Bonchev–Trinajstić information content (AvgIpc) is 2.49. The lowest BCUT2D eigenvalue weighted by molar-refractivity contribution is -0.123. The van der Waals surface area contributed by atoms with Crippen molar-refractivity contribution < 1.29 is 14.6 Å². The highest BCUT2D eigenvalue weighted by molar-refractivity contribution is 5.81. The average molecular weight is 280 g/mol. The molecule has 1 aromatic rings. The third-order valence-corrected chi connectivity index (χ3v) is 3.43. The molecule has 0 radical (unpaired) electrons. The Morgan fingerprint density at radius 3 is 2.70 bits per heavy atom. The maximum Gasteiger partial charge on any atom is 0.240 e. The fourth-order valence-electron chi connectivity index (χ4n) is 2.19. The van der Waals surface area contributed by atoms with E-state index in [4.69, 9.17) is 4.74 Å². The Morgan fingerprint density at radius 2 is 2.10 bits per heavy atom. The van der Waals surface area contributed by atoms with E-state index in [1.807, 2.05) is 0 Å². The summed E-state index contributed by atoms with van der Waals surface area (Å²) in [5, 5.41) is 12.4. The Bertz CT molecular complexity index is 435. The quantitative estimate of drug-likeness (QED) is 0.761. The molecule has 1 aliphatic rings. The molecule has 0 unspecified atom stereocenters. The number of amides is 1. The Balaban J connectivity index is 1.91. The molecule has 20 heavy (non-hydrogen) atoms. The topological polar surface area (TPSA) is 87.6 Å². The van der Waals surface area contributed by atoms with Crippen LogP contribution in [-0.2, 0) is 9.53 Å². The summed E-state index contributed by atoms with van der Waals surface area (Å²) in [4.78, 5) is 21.9. The normalized spacial score (nSPS) is 17.5. The number of aliphatic hydroxyl groups excluding tert-OH is 1. The number of ether oxygens (including phenoxy) is 1. The highest BCUT2D eigenvalue weighted by Crippen LogP contribution is 2.20. The molecule has 0 atom stereocenters. The van der Waals surface area contributed by atoms with E-state index < -0.39 is 5.54 Å². The van der Waals surface area contributed by atoms with Gasteiger partial charge < -0.3 is 20.1 Å². The monoisotopic (exact) mass is 280 g/mol. The number of carbonyl (C=O) groups is 1. The van der Waals surface area contributed by atoms with Crippen molar-refractivity contribution in [3.63, 3.8) is 0 Å². The van der Waals surface area contributed by atoms with E-state index in [0.717, 1.165) is 0 Å². The molecule has 0 aliphatic carbocycles. The number of hydrogen-bond donors (Lipinski definition) is 2. The van der Waals surface area contributed by atoms with Crippen molar-refractivity contribution in [2.45, 2.75) is 18.4 Å². The number of nitrogens with one attached hydrogen (secondary N) is 1. The molecule has 1 saturated heterocycles. The van der Waals surface area contributed by atoms with Gasteiger partial charge in [-0.15, -0.1) is 0 Å². The lowest BCUT2D eigenvalue weighted by Gasteiger charge is -2.36. The summed E-state index contributed by atoms with van der Waals surface area (Å²) >= 11 is 0. The fourth-order valence-corrected chi connectivity index (χ4v) is 2.19. The van der Waals surface area contributed by atoms with Gasteiger partial charge >= 0.3 is 0 Å². The van der Waals surface area contributed by atoms with Crippen molar-refractivity contribution in [2.24, 2.45) is 0 Å². The molecule has 2 heterocycles. The van der Waals surface area contributed by atoms with E-state index in [9.17, 15) is 9.90 Å². The highest BCUT2D eigenvalue weighted by atomic mass is 16.5. The number of aromatic nitrogens is 2. The Kier molecular flexibility index (Phi) is 4.86. The van der Waals surface area contributed by atoms with E-state index in [-0.39, 0.29) is 19.1 Å². The van der Waals surface area contributed by atoms with Gasteiger partial charge in [0, 0.05) is 32.7 Å². The summed E-state index contributed by atoms with van der Waals surface area (Å²) in [7, 11) is 1.75. The van der Waals surface area contributed by atoms with Crippen molar-refractivity contribution in [3.05, 3.63) is 18.5 Å². The molecule has 7 heteroatoms. The van der Waals surface area contributed by atoms with Crippen molar-refractivity contribution in [3.8, 4) is 0 Å². The minimum atomic E-state index is -0.562. The van der Waals surface area contributed by atoms with Crippen LogP contribution in [0.15, 0.2) is 18.5 Å². The van der Waals surface area contributed by atoms with Gasteiger partial charge in [0.2, 0.25) is 11.9 Å². The minimum absolute atomic E-state index is 0.0757. The fraction of sp³-hybridized carbons (Fsp3) is 0.615. The van der Waals surface area contributed by atoms with Crippen molar-refractivity contribution in [1.82, 2.24) is 15.3 Å². The number of aliphatic hydroxyl groups is 1. The molecule has 7 nitrogen and oxygen atoms in total. The molecular weight excluding hydrogens is 260 g/mol. The highest BCUT2D eigenvalue weighted by Gasteiger charge is 2.33. The van der Waals surface area contributed by atoms with E-state index in [1.54, 1.807) is 30.4 Å². The molecule has 2 N–H and O–H groups in total. The first kappa shape index (κ1) is 14.7. The maximum absolute atomic E-state index is 12.1. The van der Waals surface area contributed by atoms with E-state index in [2.05, 4.69) is 15.3 Å². The molecule has 0 saturated carbocycles. The van der Waals surface area contributed by atoms with Crippen molar-refractivity contribution in [1.29, 1.82) is 0 Å². The van der Waals surface area contributed by atoms with Crippen LogP contribution in [0.4, 0.5) is 5.95 Å². The van der Waals surface area contributed by atoms with Gasteiger partial charge in [0.1, 0.15) is 0 Å². The van der Waals surface area contributed by atoms with Gasteiger partial charge in [-0.2, -0.15) is 0 Å². The van der Waals surface area contributed by atoms with Crippen LogP contribution >= 0.6 is 0 Å². The third-order valence-electron chi connectivity index (χ3n) is 3.43. The first-order valence-corrected chi connectivity index (χ1v) is 6.63. The Labute approximate surface area is 118 Å². The number of carbonyl (C=O) groups excluding carboxylic acids is 1. The molecule has 1 amide bonds. The lowest BCUT2D eigenvalue weighted by Crippen LogP contribution is -2.56. The van der Waals surface area contributed by atoms with Crippen LogP contribution in [0.5, 0.6) is 0 Å². The smallest absolute Gasteiger partial charge is 0.240 e. The van der Waals surface area contributed by atoms with Crippen LogP contribution in [0.2, 0.25) is 0 Å². The summed E-state index contributed by atoms with van der Waals surface area (Å²) in [6, 6.07) is 1.72. The molecule has 0 spiro atoms. The van der Waals surface area contributed by atoms with E-state index >= 15 is 0 Å². The minimum Gasteiger partial charge on any atom is -0.394 e. The second-order valence-corrected chi connectivity index (χ2v) is 5.00. The summed E-state index contributed by atoms with van der Waals surface area (Å²) in [5.74, 6) is 0.337. The zero-order valence-corrected chi connectivity index (χ0v) is 11.6. The van der Waals surface area contributed by atoms with E-state index in [0.29, 0.717) is 32.0 Å². The molecule has 0 bridgehead atoms. The van der Waals surface area contributed by atoms with Crippen LogP contribution in [0.1, 0.15) is 12.8 Å². The number of likely N-dealkylation sites (N-methyl/N-ethyl adjacent to an activating group) is 1. The van der Waals surface area contributed by atoms with Gasteiger partial charge in [-0.3, -0.25) is 4.79 Å². The van der Waals surface area contributed by atoms with Crippen LogP contribution in [0.3, 0.4) is 0 Å². The zero-order chi connectivity index (χ0) is 14.4. The molecule has 1 aliphatic heterocycles. The molecular formula is C13H20N4O3. The van der Waals surface area contributed by atoms with Gasteiger partial charge in [0.15, 0.2) is 0 Å². The first-order valence-electron chi connectivity index (χ1n) is 6.63. The van der Waals surface area contributed by atoms with Gasteiger partial charge in [0.05, 0.1) is 18.7 Å². The largest absolute Gasteiger partial charge is 0.394 e. The number of anilines is 1. The second kappa shape index (κ2) is 6.62. The van der Waals surface area contributed by atoms with Crippen LogP contribution < -0.4 is 10.2 Å². The standard InChI is InChI=1S/C13H20N4O3/c1-17(12-14-5-2-6-15-12)9-11(19)16-13(10-18)3-7-20-8-4-13/h2,5-6,18H,3-4,7-10H2,1H3,(H,16,19). The summed E-state index contributed by atoms with van der Waals surface area (Å²) in [5.41, 5.74) is -0.562. The van der Waals surface area contributed by atoms with Gasteiger partial charge in [-0.1, -0.05) is 0 Å². The third kappa shape index (κ3) is 3.64. The summed E-state index contributed by atoms with van der Waals surface area (Å²) in [6.07, 6.45) is 4.51. The summed E-state index contributed by atoms with van der Waals surface area (Å²) in [6.45, 7) is 1.18. The van der Waals surface area contributed by atoms with Gasteiger partial charge in [-0.05, 0) is 18.9 Å². The second-order valence-electron chi connectivity index (χ2n) is 5.00. The van der Waals surface area contributed by atoms with Crippen LogP contribution in [-0.4, -0.2) is 59.9 Å². The summed E-state index contributed by atoms with van der Waals surface area (Å²) < 4.78 is 5.27. The molecule has 110 valence electrons. The van der Waals surface area contributed by atoms with Crippen molar-refractivity contribution >= 4 is 11.9 Å². The molecule has 0 aromatic carbocycles. The van der Waals surface area contributed by atoms with E-state index in [1.165, 1.54) is 0 Å². The number of hydrogen-bond acceptors (Lipinski definition) is 6. The molecule has 2 rings (SSSR count). The predicted molar refractivity (Wildman–Crippen MR) is 73.3 cm³/mol. The number of nitrogens with zero attached hydrogens (tertiary/aromatic N) is 3. The molecule has 1 fully saturated rings.